The van der Waals surface area contributed by atoms with Crippen molar-refractivity contribution in [3.05, 3.63) is 39.7 Å². The molecule has 18 heavy (non-hydrogen) atoms. The van der Waals surface area contributed by atoms with Gasteiger partial charge in [0.2, 0.25) is 0 Å². The third-order valence-corrected chi connectivity index (χ3v) is 1.59. The van der Waals surface area contributed by atoms with Crippen LogP contribution in [0.15, 0.2) is 18.2 Å². The summed E-state index contributed by atoms with van der Waals surface area (Å²) in [5.41, 5.74) is -0.517. The Labute approximate surface area is 101 Å². The molecule has 0 unspecified atom stereocenters. The summed E-state index contributed by atoms with van der Waals surface area (Å²) >= 11 is 0. The van der Waals surface area contributed by atoms with E-state index in [9.17, 15) is 19.3 Å². The first kappa shape index (κ1) is 15.5. The Morgan fingerprint density at radius 3 is 2.28 bits per heavy atom. The van der Waals surface area contributed by atoms with E-state index in [0.29, 0.717) is 6.07 Å². The Bertz CT molecular complexity index is 469. The van der Waals surface area contributed by atoms with Crippen molar-refractivity contribution in [1.29, 1.82) is 0 Å². The van der Waals surface area contributed by atoms with E-state index in [2.05, 4.69) is 0 Å². The quantitative estimate of drug-likeness (QED) is 0.626. The number of nitro benzene ring substituents is 1. The van der Waals surface area contributed by atoms with Crippen molar-refractivity contribution in [3.8, 4) is 0 Å². The van der Waals surface area contributed by atoms with Crippen molar-refractivity contribution in [2.24, 2.45) is 0 Å². The van der Waals surface area contributed by atoms with Crippen LogP contribution in [0.5, 0.6) is 0 Å². The van der Waals surface area contributed by atoms with Gasteiger partial charge in [-0.05, 0) is 12.1 Å². The minimum atomic E-state index is -1.19. The summed E-state index contributed by atoms with van der Waals surface area (Å²) < 4.78 is 12.6. The van der Waals surface area contributed by atoms with Gasteiger partial charge >= 0.3 is 5.97 Å². The predicted molar refractivity (Wildman–Crippen MR) is 57.7 cm³/mol. The molecule has 8 heteroatoms. The smallest absolute Gasteiger partial charge is 0.308 e. The molecule has 0 bridgehead atoms. The van der Waals surface area contributed by atoms with Crippen LogP contribution >= 0.6 is 0 Å². The fraction of sp³-hybridized carbons (Fsp3) is 0.200. The van der Waals surface area contributed by atoms with Gasteiger partial charge in [0.25, 0.3) is 11.7 Å². The molecule has 0 atom stereocenters. The van der Waals surface area contributed by atoms with Crippen LogP contribution < -0.4 is 0 Å². The summed E-state index contributed by atoms with van der Waals surface area (Å²) in [6, 6.07) is 2.80. The second-order valence-electron chi connectivity index (χ2n) is 3.12. The Hall–Kier alpha value is -2.51. The van der Waals surface area contributed by atoms with Crippen LogP contribution in [-0.2, 0) is 16.0 Å². The lowest BCUT2D eigenvalue weighted by Gasteiger charge is -1.99. The number of carboxylic acids is 2. The molecule has 0 saturated heterocycles. The van der Waals surface area contributed by atoms with Crippen LogP contribution in [0, 0.1) is 15.9 Å². The van der Waals surface area contributed by atoms with E-state index in [1.54, 1.807) is 0 Å². The second kappa shape index (κ2) is 6.94. The van der Waals surface area contributed by atoms with E-state index in [4.69, 9.17) is 15.0 Å². The van der Waals surface area contributed by atoms with E-state index in [1.165, 1.54) is 0 Å². The number of carbonyl (C=O) groups is 2. The van der Waals surface area contributed by atoms with E-state index in [0.717, 1.165) is 19.1 Å². The lowest BCUT2D eigenvalue weighted by Crippen LogP contribution is -2.03. The maximum Gasteiger partial charge on any atom is 0.308 e. The molecule has 0 spiro atoms. The topological polar surface area (TPSA) is 118 Å². The summed E-state index contributed by atoms with van der Waals surface area (Å²) in [6.07, 6.45) is -0.489. The molecule has 98 valence electrons. The number of benzene rings is 1. The molecule has 0 amide bonds. The van der Waals surface area contributed by atoms with Crippen LogP contribution in [0.25, 0.3) is 0 Å². The molecule has 1 aromatic carbocycles. The van der Waals surface area contributed by atoms with Crippen molar-refractivity contribution < 1.29 is 29.1 Å². The number of halogens is 1. The lowest BCUT2D eigenvalue weighted by molar-refractivity contribution is -0.385. The first-order valence-corrected chi connectivity index (χ1v) is 4.58. The fourth-order valence-electron chi connectivity index (χ4n) is 1.02. The highest BCUT2D eigenvalue weighted by Gasteiger charge is 2.16. The molecule has 7 nitrogen and oxygen atoms in total. The molecule has 0 fully saturated rings. The SMILES string of the molecule is CC(=O)O.O=C(O)Cc1ccc(F)cc1[N+](=O)[O-]. The summed E-state index contributed by atoms with van der Waals surface area (Å²) in [4.78, 5) is 28.9. The minimum Gasteiger partial charge on any atom is -0.481 e. The molecular formula is C10H10FNO6. The molecule has 1 rings (SSSR count). The highest BCUT2D eigenvalue weighted by molar-refractivity contribution is 5.72. The number of carboxylic acid groups (broad SMARTS) is 2. The van der Waals surface area contributed by atoms with Crippen molar-refractivity contribution in [2.45, 2.75) is 13.3 Å². The van der Waals surface area contributed by atoms with E-state index >= 15 is 0 Å². The van der Waals surface area contributed by atoms with Gasteiger partial charge in [-0.15, -0.1) is 0 Å². The van der Waals surface area contributed by atoms with Crippen LogP contribution in [0.4, 0.5) is 10.1 Å². The van der Waals surface area contributed by atoms with Gasteiger partial charge in [-0.25, -0.2) is 4.39 Å². The van der Waals surface area contributed by atoms with E-state index in [-0.39, 0.29) is 5.56 Å². The molecule has 0 radical (unpaired) electrons. The Kier molecular flexibility index (Phi) is 5.97. The minimum absolute atomic E-state index is 0.0103. The Balaban J connectivity index is 0.000000631. The largest absolute Gasteiger partial charge is 0.481 e. The van der Waals surface area contributed by atoms with Crippen molar-refractivity contribution >= 4 is 17.6 Å². The zero-order chi connectivity index (χ0) is 14.3. The average molecular weight is 259 g/mol. The number of hydrogen-bond donors (Lipinski definition) is 2. The van der Waals surface area contributed by atoms with Crippen LogP contribution in [0.2, 0.25) is 0 Å². The van der Waals surface area contributed by atoms with Gasteiger partial charge in [0.15, 0.2) is 0 Å². The molecular weight excluding hydrogens is 249 g/mol. The number of nitrogens with zero attached hydrogens (tertiary/aromatic N) is 1. The Morgan fingerprint density at radius 2 is 1.89 bits per heavy atom. The average Bonchev–Trinajstić information content (AvgIpc) is 2.18. The zero-order valence-corrected chi connectivity index (χ0v) is 9.29. The highest BCUT2D eigenvalue weighted by Crippen LogP contribution is 2.19. The normalized spacial score (nSPS) is 9.00. The highest BCUT2D eigenvalue weighted by atomic mass is 19.1. The van der Waals surface area contributed by atoms with Crippen molar-refractivity contribution in [2.75, 3.05) is 0 Å². The van der Waals surface area contributed by atoms with Gasteiger partial charge in [0, 0.05) is 12.5 Å². The second-order valence-corrected chi connectivity index (χ2v) is 3.12. The zero-order valence-electron chi connectivity index (χ0n) is 9.29. The maximum atomic E-state index is 12.6. The first-order chi connectivity index (χ1) is 8.23. The molecule has 0 aromatic heterocycles. The number of rotatable bonds is 3. The summed E-state index contributed by atoms with van der Waals surface area (Å²) in [5.74, 6) is -2.79. The van der Waals surface area contributed by atoms with E-state index < -0.39 is 34.8 Å². The third kappa shape index (κ3) is 6.16. The van der Waals surface area contributed by atoms with Gasteiger partial charge in [0.1, 0.15) is 5.82 Å². The van der Waals surface area contributed by atoms with Crippen LogP contribution in [-0.4, -0.2) is 27.1 Å². The summed E-state index contributed by atoms with van der Waals surface area (Å²) in [6.45, 7) is 1.08. The maximum absolute atomic E-state index is 12.6. The number of aliphatic carboxylic acids is 2. The molecule has 0 aliphatic carbocycles. The van der Waals surface area contributed by atoms with Crippen LogP contribution in [0.1, 0.15) is 12.5 Å². The van der Waals surface area contributed by atoms with Gasteiger partial charge in [-0.3, -0.25) is 19.7 Å². The monoisotopic (exact) mass is 259 g/mol. The fourth-order valence-corrected chi connectivity index (χ4v) is 1.02. The first-order valence-electron chi connectivity index (χ1n) is 4.58. The van der Waals surface area contributed by atoms with Gasteiger partial charge < -0.3 is 10.2 Å². The van der Waals surface area contributed by atoms with Gasteiger partial charge in [-0.1, -0.05) is 0 Å². The standard InChI is InChI=1S/C8H6FNO4.C2H4O2/c9-6-2-1-5(3-8(11)12)7(4-6)10(13)14;1-2(3)4/h1-2,4H,3H2,(H,11,12);1H3,(H,3,4). The van der Waals surface area contributed by atoms with Crippen LogP contribution in [0.3, 0.4) is 0 Å². The van der Waals surface area contributed by atoms with E-state index in [1.807, 2.05) is 0 Å². The van der Waals surface area contributed by atoms with Gasteiger partial charge in [0.05, 0.1) is 17.4 Å². The van der Waals surface area contributed by atoms with Gasteiger partial charge in [-0.2, -0.15) is 0 Å². The summed E-state index contributed by atoms with van der Waals surface area (Å²) in [7, 11) is 0. The lowest BCUT2D eigenvalue weighted by atomic mass is 10.1. The predicted octanol–water partition coefficient (Wildman–Crippen LogP) is 1.45. The molecule has 0 aliphatic rings. The molecule has 0 saturated carbocycles. The molecule has 2 N–H and O–H groups in total. The Morgan fingerprint density at radius 1 is 1.39 bits per heavy atom. The molecule has 1 aromatic rings. The third-order valence-electron chi connectivity index (χ3n) is 1.59. The number of nitro groups is 1. The molecule has 0 heterocycles. The number of hydrogen-bond acceptors (Lipinski definition) is 4. The molecule has 0 aliphatic heterocycles. The van der Waals surface area contributed by atoms with Crippen molar-refractivity contribution in [3.63, 3.8) is 0 Å². The van der Waals surface area contributed by atoms with Crippen molar-refractivity contribution in [1.82, 2.24) is 0 Å². The summed E-state index contributed by atoms with van der Waals surface area (Å²) in [5, 5.41) is 26.2.